The number of amides is 3. The molecule has 2 saturated heterocycles. The van der Waals surface area contributed by atoms with Crippen molar-refractivity contribution >= 4 is 23.5 Å². The van der Waals surface area contributed by atoms with Crippen molar-refractivity contribution in [3.63, 3.8) is 0 Å². The fraction of sp³-hybridized carbons (Fsp3) is 0.579. The van der Waals surface area contributed by atoms with Crippen LogP contribution in [0.4, 0.5) is 21.0 Å². The number of urea groups is 1. The summed E-state index contributed by atoms with van der Waals surface area (Å²) in [6.07, 6.45) is 1.63. The largest absolute Gasteiger partial charge is 0.447 e. The summed E-state index contributed by atoms with van der Waals surface area (Å²) in [4.78, 5) is 30.2. The van der Waals surface area contributed by atoms with Gasteiger partial charge in [-0.2, -0.15) is 0 Å². The van der Waals surface area contributed by atoms with Crippen LogP contribution in [0.1, 0.15) is 26.7 Å². The zero-order chi connectivity index (χ0) is 18.7. The third-order valence-electron chi connectivity index (χ3n) is 5.43. The molecule has 2 atom stereocenters. The van der Waals surface area contributed by atoms with Gasteiger partial charge in [0.25, 0.3) is 0 Å². The summed E-state index contributed by atoms with van der Waals surface area (Å²) in [6, 6.07) is 7.92. The third-order valence-corrected chi connectivity index (χ3v) is 5.43. The molecule has 3 rings (SSSR count). The van der Waals surface area contributed by atoms with Gasteiger partial charge in [-0.05, 0) is 44.5 Å². The van der Waals surface area contributed by atoms with E-state index in [0.29, 0.717) is 24.9 Å². The summed E-state index contributed by atoms with van der Waals surface area (Å²) in [5.74, 6) is 0. The van der Waals surface area contributed by atoms with Crippen molar-refractivity contribution in [1.82, 2.24) is 9.80 Å². The van der Waals surface area contributed by atoms with Crippen LogP contribution >= 0.6 is 0 Å². The standard InChI is InChI=1S/C19H28N4O3/c1-4-22-9-8-16(12-14(22)2)21(3)18(24)20-15-6-5-7-17(13-15)23-10-11-26-19(23)25/h5-7,13-14,16H,4,8-12H2,1-3H3,(H,20,24). The number of likely N-dealkylation sites (tertiary alicyclic amines) is 1. The van der Waals surface area contributed by atoms with Crippen LogP contribution in [0.3, 0.4) is 0 Å². The van der Waals surface area contributed by atoms with Gasteiger partial charge in [-0.3, -0.25) is 4.90 Å². The van der Waals surface area contributed by atoms with Gasteiger partial charge in [0.05, 0.1) is 6.54 Å². The number of hydrogen-bond acceptors (Lipinski definition) is 4. The Morgan fingerprint density at radius 2 is 2.19 bits per heavy atom. The molecule has 0 aliphatic carbocycles. The number of carbonyl (C=O) groups is 2. The first-order valence-corrected chi connectivity index (χ1v) is 9.31. The quantitative estimate of drug-likeness (QED) is 0.896. The molecule has 0 aromatic heterocycles. The highest BCUT2D eigenvalue weighted by atomic mass is 16.6. The average Bonchev–Trinajstić information content (AvgIpc) is 3.07. The van der Waals surface area contributed by atoms with E-state index in [2.05, 4.69) is 24.1 Å². The molecular formula is C19H28N4O3. The average molecular weight is 360 g/mol. The lowest BCUT2D eigenvalue weighted by Crippen LogP contribution is -2.50. The van der Waals surface area contributed by atoms with Gasteiger partial charge in [0, 0.05) is 37.1 Å². The molecule has 142 valence electrons. The fourth-order valence-electron chi connectivity index (χ4n) is 3.77. The number of nitrogens with one attached hydrogen (secondary N) is 1. The van der Waals surface area contributed by atoms with Crippen LogP contribution in [0.5, 0.6) is 0 Å². The number of nitrogens with zero attached hydrogens (tertiary/aromatic N) is 3. The van der Waals surface area contributed by atoms with Gasteiger partial charge in [0.2, 0.25) is 0 Å². The van der Waals surface area contributed by atoms with E-state index in [-0.39, 0.29) is 18.2 Å². The summed E-state index contributed by atoms with van der Waals surface area (Å²) in [5, 5.41) is 2.95. The number of piperidine rings is 1. The van der Waals surface area contributed by atoms with Gasteiger partial charge in [0.1, 0.15) is 6.61 Å². The number of anilines is 2. The van der Waals surface area contributed by atoms with Crippen molar-refractivity contribution in [1.29, 1.82) is 0 Å². The van der Waals surface area contributed by atoms with E-state index in [4.69, 9.17) is 4.74 Å². The highest BCUT2D eigenvalue weighted by molar-refractivity contribution is 5.93. The van der Waals surface area contributed by atoms with Crippen molar-refractivity contribution in [2.75, 3.05) is 43.5 Å². The molecule has 2 fully saturated rings. The van der Waals surface area contributed by atoms with Gasteiger partial charge >= 0.3 is 12.1 Å². The minimum Gasteiger partial charge on any atom is -0.447 e. The van der Waals surface area contributed by atoms with E-state index in [1.165, 1.54) is 0 Å². The Morgan fingerprint density at radius 3 is 2.85 bits per heavy atom. The second kappa shape index (κ2) is 7.95. The topological polar surface area (TPSA) is 65.1 Å². The van der Waals surface area contributed by atoms with E-state index in [9.17, 15) is 9.59 Å². The van der Waals surface area contributed by atoms with Crippen molar-refractivity contribution < 1.29 is 14.3 Å². The third kappa shape index (κ3) is 3.93. The fourth-order valence-corrected chi connectivity index (χ4v) is 3.77. The second-order valence-corrected chi connectivity index (χ2v) is 7.01. The van der Waals surface area contributed by atoms with E-state index in [0.717, 1.165) is 31.6 Å². The van der Waals surface area contributed by atoms with Crippen LogP contribution in [-0.4, -0.2) is 67.3 Å². The lowest BCUT2D eigenvalue weighted by molar-refractivity contribution is 0.104. The minimum atomic E-state index is -0.345. The van der Waals surface area contributed by atoms with E-state index < -0.39 is 0 Å². The number of ether oxygens (including phenoxy) is 1. The SMILES string of the molecule is CCN1CCC(N(C)C(=O)Nc2cccc(N3CCOC3=O)c2)CC1C. The Labute approximate surface area is 154 Å². The Hall–Kier alpha value is -2.28. The maximum atomic E-state index is 12.7. The smallest absolute Gasteiger partial charge is 0.414 e. The van der Waals surface area contributed by atoms with Crippen molar-refractivity contribution in [3.8, 4) is 0 Å². The lowest BCUT2D eigenvalue weighted by Gasteiger charge is -2.40. The first kappa shape index (κ1) is 18.5. The molecule has 2 heterocycles. The first-order chi connectivity index (χ1) is 12.5. The van der Waals surface area contributed by atoms with Gasteiger partial charge in [-0.15, -0.1) is 0 Å². The molecule has 0 bridgehead atoms. The monoisotopic (exact) mass is 360 g/mol. The summed E-state index contributed by atoms with van der Waals surface area (Å²) >= 11 is 0. The molecule has 7 heteroatoms. The minimum absolute atomic E-state index is 0.117. The Bertz CT molecular complexity index is 666. The van der Waals surface area contributed by atoms with Crippen LogP contribution in [0, 0.1) is 0 Å². The Balaban J connectivity index is 1.62. The van der Waals surface area contributed by atoms with Crippen LogP contribution < -0.4 is 10.2 Å². The van der Waals surface area contributed by atoms with Crippen LogP contribution in [-0.2, 0) is 4.74 Å². The van der Waals surface area contributed by atoms with E-state index in [1.54, 1.807) is 15.9 Å². The maximum Gasteiger partial charge on any atom is 0.414 e. The molecule has 3 amide bonds. The Morgan fingerprint density at radius 1 is 1.38 bits per heavy atom. The normalized spacial score (nSPS) is 23.7. The predicted molar refractivity (Wildman–Crippen MR) is 102 cm³/mol. The summed E-state index contributed by atoms with van der Waals surface area (Å²) in [7, 11) is 1.86. The summed E-state index contributed by atoms with van der Waals surface area (Å²) < 4.78 is 4.97. The highest BCUT2D eigenvalue weighted by Crippen LogP contribution is 2.24. The number of benzene rings is 1. The number of hydrogen-bond donors (Lipinski definition) is 1. The van der Waals surface area contributed by atoms with Crippen molar-refractivity contribution in [2.24, 2.45) is 0 Å². The number of rotatable bonds is 4. The molecule has 0 radical (unpaired) electrons. The van der Waals surface area contributed by atoms with Gasteiger partial charge in [-0.1, -0.05) is 13.0 Å². The van der Waals surface area contributed by atoms with Gasteiger partial charge < -0.3 is 19.9 Å². The number of cyclic esters (lactones) is 1. The molecule has 2 aliphatic heterocycles. The van der Waals surface area contributed by atoms with Crippen LogP contribution in [0.2, 0.25) is 0 Å². The van der Waals surface area contributed by atoms with Crippen molar-refractivity contribution in [2.45, 2.75) is 38.8 Å². The molecule has 26 heavy (non-hydrogen) atoms. The van der Waals surface area contributed by atoms with Crippen molar-refractivity contribution in [3.05, 3.63) is 24.3 Å². The van der Waals surface area contributed by atoms with Gasteiger partial charge in [0.15, 0.2) is 0 Å². The highest BCUT2D eigenvalue weighted by Gasteiger charge is 2.29. The van der Waals surface area contributed by atoms with E-state index >= 15 is 0 Å². The number of carbonyl (C=O) groups excluding carboxylic acids is 2. The van der Waals surface area contributed by atoms with Crippen LogP contribution in [0.15, 0.2) is 24.3 Å². The molecule has 2 aliphatic rings. The summed E-state index contributed by atoms with van der Waals surface area (Å²) in [5.41, 5.74) is 1.41. The molecular weight excluding hydrogens is 332 g/mol. The molecule has 2 unspecified atom stereocenters. The van der Waals surface area contributed by atoms with E-state index in [1.807, 2.05) is 25.2 Å². The second-order valence-electron chi connectivity index (χ2n) is 7.01. The van der Waals surface area contributed by atoms with Crippen LogP contribution in [0.25, 0.3) is 0 Å². The van der Waals surface area contributed by atoms with Gasteiger partial charge in [-0.25, -0.2) is 9.59 Å². The predicted octanol–water partition coefficient (Wildman–Crippen LogP) is 2.98. The summed E-state index contributed by atoms with van der Waals surface area (Å²) in [6.45, 7) is 7.40. The molecule has 1 aromatic rings. The lowest BCUT2D eigenvalue weighted by atomic mass is 9.97. The molecule has 0 saturated carbocycles. The maximum absolute atomic E-state index is 12.7. The zero-order valence-corrected chi connectivity index (χ0v) is 15.8. The Kier molecular flexibility index (Phi) is 5.66. The zero-order valence-electron chi connectivity index (χ0n) is 15.8. The molecule has 7 nitrogen and oxygen atoms in total. The first-order valence-electron chi connectivity index (χ1n) is 9.31. The molecule has 1 N–H and O–H groups in total. The molecule has 1 aromatic carbocycles. The molecule has 0 spiro atoms.